The molecule has 0 atom stereocenters. The van der Waals surface area contributed by atoms with Gasteiger partial charge < -0.3 is 15.8 Å². The monoisotopic (exact) mass is 205 g/mol. The van der Waals surface area contributed by atoms with Crippen molar-refractivity contribution in [3.63, 3.8) is 0 Å². The Balaban J connectivity index is 2.16. The van der Waals surface area contributed by atoms with Gasteiger partial charge in [0.1, 0.15) is 18.2 Å². The number of ether oxygens (including phenoxy) is 1. The molecular weight excluding hydrogens is 190 g/mol. The van der Waals surface area contributed by atoms with Gasteiger partial charge in [0.2, 0.25) is 0 Å². The lowest BCUT2D eigenvalue weighted by Crippen LogP contribution is -2.26. The molecule has 2 rings (SSSR count). The summed E-state index contributed by atoms with van der Waals surface area (Å²) in [5.74, 6) is 1.68. The zero-order valence-corrected chi connectivity index (χ0v) is 8.79. The molecule has 0 fully saturated rings. The van der Waals surface area contributed by atoms with E-state index < -0.39 is 0 Å². The van der Waals surface area contributed by atoms with E-state index in [2.05, 4.69) is 17.2 Å². The van der Waals surface area contributed by atoms with Gasteiger partial charge in [0.05, 0.1) is 5.69 Å². The third kappa shape index (κ3) is 2.21. The zero-order chi connectivity index (χ0) is 10.7. The van der Waals surface area contributed by atoms with Crippen molar-refractivity contribution in [2.45, 2.75) is 13.3 Å². The largest absolute Gasteiger partial charge is 0.483 e. The van der Waals surface area contributed by atoms with E-state index in [0.29, 0.717) is 12.3 Å². The molecule has 1 aliphatic rings. The Labute approximate surface area is 89.1 Å². The van der Waals surface area contributed by atoms with Gasteiger partial charge in [0.25, 0.3) is 0 Å². The van der Waals surface area contributed by atoms with Gasteiger partial charge in [-0.15, -0.1) is 0 Å². The van der Waals surface area contributed by atoms with E-state index in [9.17, 15) is 0 Å². The van der Waals surface area contributed by atoms with Crippen molar-refractivity contribution in [3.05, 3.63) is 18.2 Å². The molecule has 3 N–H and O–H groups in total. The first kappa shape index (κ1) is 9.83. The van der Waals surface area contributed by atoms with Gasteiger partial charge in [0, 0.05) is 18.3 Å². The number of hydrogen-bond acceptors (Lipinski definition) is 3. The number of amidine groups is 1. The molecule has 4 heteroatoms. The Morgan fingerprint density at radius 2 is 2.40 bits per heavy atom. The van der Waals surface area contributed by atoms with Crippen LogP contribution in [0, 0.1) is 0 Å². The maximum atomic E-state index is 5.66. The van der Waals surface area contributed by atoms with Crippen LogP contribution in [0.25, 0.3) is 0 Å². The molecule has 80 valence electrons. The minimum atomic E-state index is 0.496. The minimum Gasteiger partial charge on any atom is -0.483 e. The summed E-state index contributed by atoms with van der Waals surface area (Å²) in [7, 11) is 0. The zero-order valence-electron chi connectivity index (χ0n) is 8.79. The highest BCUT2D eigenvalue weighted by Crippen LogP contribution is 2.29. The highest BCUT2D eigenvalue weighted by molar-refractivity contribution is 5.99. The lowest BCUT2D eigenvalue weighted by molar-refractivity contribution is 0.372. The topological polar surface area (TPSA) is 59.6 Å². The first-order valence-corrected chi connectivity index (χ1v) is 5.12. The number of aliphatic imine (C=N–C) groups is 1. The maximum Gasteiger partial charge on any atom is 0.146 e. The van der Waals surface area contributed by atoms with Crippen LogP contribution < -0.4 is 15.8 Å². The molecule has 0 unspecified atom stereocenters. The molecule has 1 aromatic carbocycles. The van der Waals surface area contributed by atoms with Gasteiger partial charge in [-0.3, -0.25) is 4.99 Å². The second-order valence-corrected chi connectivity index (χ2v) is 3.50. The van der Waals surface area contributed by atoms with Crippen LogP contribution in [0.4, 0.5) is 11.4 Å². The Bertz CT molecular complexity index is 387. The molecule has 0 radical (unpaired) electrons. The molecule has 4 nitrogen and oxygen atoms in total. The fourth-order valence-corrected chi connectivity index (χ4v) is 1.43. The second-order valence-electron chi connectivity index (χ2n) is 3.50. The van der Waals surface area contributed by atoms with E-state index in [1.807, 2.05) is 18.2 Å². The molecule has 0 amide bonds. The smallest absolute Gasteiger partial charge is 0.146 e. The molecule has 15 heavy (non-hydrogen) atoms. The molecule has 0 saturated carbocycles. The lowest BCUT2D eigenvalue weighted by Gasteiger charge is -2.20. The molecule has 0 spiro atoms. The number of rotatable bonds is 2. The van der Waals surface area contributed by atoms with Gasteiger partial charge in [-0.25, -0.2) is 0 Å². The van der Waals surface area contributed by atoms with Gasteiger partial charge >= 0.3 is 0 Å². The molecule has 0 aromatic heterocycles. The predicted octanol–water partition coefficient (Wildman–Crippen LogP) is 1.88. The number of hydrogen-bond donors (Lipinski definition) is 2. The lowest BCUT2D eigenvalue weighted by atomic mass is 10.2. The molecule has 0 saturated heterocycles. The van der Waals surface area contributed by atoms with Gasteiger partial charge in [-0.05, 0) is 18.6 Å². The number of fused-ring (bicyclic) bond motifs is 1. The fraction of sp³-hybridized carbons (Fsp3) is 0.364. The number of nitrogens with zero attached hydrogens (tertiary/aromatic N) is 1. The van der Waals surface area contributed by atoms with Crippen molar-refractivity contribution in [1.82, 2.24) is 0 Å². The number of nitrogens with two attached hydrogens (primary N) is 1. The van der Waals surface area contributed by atoms with E-state index in [1.165, 1.54) is 0 Å². The summed E-state index contributed by atoms with van der Waals surface area (Å²) < 4.78 is 5.54. The summed E-state index contributed by atoms with van der Waals surface area (Å²) in [4.78, 5) is 4.37. The van der Waals surface area contributed by atoms with E-state index >= 15 is 0 Å². The standard InChI is InChI=1S/C11H15N3O/c1-2-5-13-11-7-15-10-6-8(12)3-4-9(10)14-11/h3-4,6H,2,5,7,12H2,1H3,(H,13,14). The molecule has 1 aliphatic heterocycles. The SMILES string of the molecule is CCCN=C1COc2cc(N)ccc2N1. The molecule has 0 bridgehead atoms. The predicted molar refractivity (Wildman–Crippen MR) is 62.6 cm³/mol. The molecular formula is C11H15N3O. The van der Waals surface area contributed by atoms with Crippen molar-refractivity contribution in [2.75, 3.05) is 24.2 Å². The third-order valence-corrected chi connectivity index (χ3v) is 2.18. The van der Waals surface area contributed by atoms with Crippen molar-refractivity contribution >= 4 is 17.2 Å². The molecule has 0 aliphatic carbocycles. The Kier molecular flexibility index (Phi) is 2.76. The highest BCUT2D eigenvalue weighted by atomic mass is 16.5. The summed E-state index contributed by atoms with van der Waals surface area (Å²) in [6.07, 6.45) is 1.04. The van der Waals surface area contributed by atoms with Crippen LogP contribution in [0.2, 0.25) is 0 Å². The van der Waals surface area contributed by atoms with Gasteiger partial charge in [0.15, 0.2) is 0 Å². The van der Waals surface area contributed by atoms with Crippen molar-refractivity contribution in [3.8, 4) is 5.75 Å². The molecule has 1 heterocycles. The van der Waals surface area contributed by atoms with Crippen LogP contribution in [0.5, 0.6) is 5.75 Å². The number of nitrogen functional groups attached to an aromatic ring is 1. The summed E-state index contributed by atoms with van der Waals surface area (Å²) >= 11 is 0. The first-order valence-electron chi connectivity index (χ1n) is 5.12. The van der Waals surface area contributed by atoms with Crippen molar-refractivity contribution in [1.29, 1.82) is 0 Å². The molecule has 1 aromatic rings. The quantitative estimate of drug-likeness (QED) is 0.725. The van der Waals surface area contributed by atoms with Crippen LogP contribution in [0.1, 0.15) is 13.3 Å². The highest BCUT2D eigenvalue weighted by Gasteiger charge is 2.13. The number of nitrogens with one attached hydrogen (secondary N) is 1. The van der Waals surface area contributed by atoms with Crippen LogP contribution in [0.15, 0.2) is 23.2 Å². The fourth-order valence-electron chi connectivity index (χ4n) is 1.43. The van der Waals surface area contributed by atoms with Crippen LogP contribution >= 0.6 is 0 Å². The van der Waals surface area contributed by atoms with Crippen molar-refractivity contribution < 1.29 is 4.74 Å². The Morgan fingerprint density at radius 1 is 1.53 bits per heavy atom. The third-order valence-electron chi connectivity index (χ3n) is 2.18. The average molecular weight is 205 g/mol. The van der Waals surface area contributed by atoms with Gasteiger partial charge in [-0.2, -0.15) is 0 Å². The summed E-state index contributed by atoms with van der Waals surface area (Å²) in [5, 5.41) is 3.23. The summed E-state index contributed by atoms with van der Waals surface area (Å²) in [6.45, 7) is 3.43. The van der Waals surface area contributed by atoms with Crippen LogP contribution in [0.3, 0.4) is 0 Å². The van der Waals surface area contributed by atoms with Crippen LogP contribution in [-0.4, -0.2) is 19.0 Å². The number of benzene rings is 1. The Morgan fingerprint density at radius 3 is 3.20 bits per heavy atom. The van der Waals surface area contributed by atoms with E-state index in [-0.39, 0.29) is 0 Å². The van der Waals surface area contributed by atoms with Gasteiger partial charge in [-0.1, -0.05) is 6.92 Å². The number of anilines is 2. The van der Waals surface area contributed by atoms with E-state index in [0.717, 1.165) is 30.2 Å². The van der Waals surface area contributed by atoms with Crippen molar-refractivity contribution in [2.24, 2.45) is 4.99 Å². The normalized spacial score (nSPS) is 16.7. The Hall–Kier alpha value is -1.71. The second kappa shape index (κ2) is 4.21. The minimum absolute atomic E-state index is 0.496. The van der Waals surface area contributed by atoms with Crippen LogP contribution in [-0.2, 0) is 0 Å². The summed E-state index contributed by atoms with van der Waals surface area (Å²) in [5.41, 5.74) is 7.31. The summed E-state index contributed by atoms with van der Waals surface area (Å²) in [6, 6.07) is 5.57. The average Bonchev–Trinajstić information content (AvgIpc) is 2.26. The van der Waals surface area contributed by atoms with E-state index in [1.54, 1.807) is 0 Å². The first-order chi connectivity index (χ1) is 7.29. The maximum absolute atomic E-state index is 5.66. The van der Waals surface area contributed by atoms with E-state index in [4.69, 9.17) is 10.5 Å².